The number of rotatable bonds is 9. The van der Waals surface area contributed by atoms with E-state index in [0.29, 0.717) is 22.2 Å². The number of aromatic nitrogens is 2. The average Bonchev–Trinajstić information content (AvgIpc) is 3.25. The Kier molecular flexibility index (Phi) is 7.63. The molecule has 37 heavy (non-hydrogen) atoms. The number of fused-ring (bicyclic) bond motifs is 1. The zero-order chi connectivity index (χ0) is 26.8. The minimum absolute atomic E-state index is 0.00991. The summed E-state index contributed by atoms with van der Waals surface area (Å²) in [4.78, 5) is 4.31. The van der Waals surface area contributed by atoms with Gasteiger partial charge < -0.3 is 4.74 Å². The number of ether oxygens (including phenoxy) is 1. The van der Waals surface area contributed by atoms with Gasteiger partial charge in [0.1, 0.15) is 5.82 Å². The van der Waals surface area contributed by atoms with Gasteiger partial charge in [0, 0.05) is 18.1 Å². The summed E-state index contributed by atoms with van der Waals surface area (Å²) in [5, 5.41) is 0.322. The molecule has 4 aromatic rings. The summed E-state index contributed by atoms with van der Waals surface area (Å²) in [7, 11) is -6.22. The van der Waals surface area contributed by atoms with Crippen LogP contribution in [0.1, 0.15) is 25.1 Å². The van der Waals surface area contributed by atoms with Gasteiger partial charge in [0.2, 0.25) is 0 Å². The number of halogens is 1. The van der Waals surface area contributed by atoms with E-state index in [-0.39, 0.29) is 33.7 Å². The van der Waals surface area contributed by atoms with Gasteiger partial charge in [-0.15, -0.1) is 0 Å². The molecule has 0 unspecified atom stereocenters. The van der Waals surface area contributed by atoms with Crippen molar-refractivity contribution in [2.75, 3.05) is 19.5 Å². The van der Waals surface area contributed by atoms with Crippen LogP contribution in [0.5, 0.6) is 0 Å². The van der Waals surface area contributed by atoms with E-state index in [4.69, 9.17) is 4.74 Å². The molecule has 0 spiro atoms. The molecule has 0 aliphatic carbocycles. The van der Waals surface area contributed by atoms with Gasteiger partial charge in [-0.3, -0.25) is 0 Å². The van der Waals surface area contributed by atoms with Crippen molar-refractivity contribution in [2.24, 2.45) is 5.92 Å². The van der Waals surface area contributed by atoms with Crippen molar-refractivity contribution < 1.29 is 26.0 Å². The molecule has 7 nitrogen and oxygen atoms in total. The van der Waals surface area contributed by atoms with E-state index in [9.17, 15) is 21.2 Å². The van der Waals surface area contributed by atoms with Gasteiger partial charge in [-0.25, -0.2) is 30.2 Å². The highest BCUT2D eigenvalue weighted by atomic mass is 32.2. The van der Waals surface area contributed by atoms with Crippen LogP contribution in [0.2, 0.25) is 0 Å². The Morgan fingerprint density at radius 1 is 1.00 bits per heavy atom. The summed E-state index contributed by atoms with van der Waals surface area (Å²) < 4.78 is 72.9. The van der Waals surface area contributed by atoms with E-state index in [1.54, 1.807) is 36.4 Å². The van der Waals surface area contributed by atoms with Gasteiger partial charge in [0.05, 0.1) is 34.0 Å². The molecule has 0 saturated carbocycles. The lowest BCUT2D eigenvalue weighted by atomic mass is 9.99. The van der Waals surface area contributed by atoms with Gasteiger partial charge in [-0.2, -0.15) is 0 Å². The van der Waals surface area contributed by atoms with Crippen molar-refractivity contribution in [2.45, 2.75) is 23.6 Å². The smallest absolute Gasteiger partial charge is 0.269 e. The molecule has 0 amide bonds. The Morgan fingerprint density at radius 3 is 2.30 bits per heavy atom. The van der Waals surface area contributed by atoms with E-state index >= 15 is 0 Å². The van der Waals surface area contributed by atoms with Crippen molar-refractivity contribution in [3.63, 3.8) is 0 Å². The summed E-state index contributed by atoms with van der Waals surface area (Å²) in [6.07, 6.45) is 2.87. The fourth-order valence-electron chi connectivity index (χ4n) is 3.99. The summed E-state index contributed by atoms with van der Waals surface area (Å²) in [6.45, 7) is 3.96. The Bertz CT molecular complexity index is 1660. The van der Waals surface area contributed by atoms with Crippen LogP contribution >= 0.6 is 0 Å². The lowest BCUT2D eigenvalue weighted by Gasteiger charge is -2.16. The van der Waals surface area contributed by atoms with E-state index in [2.05, 4.69) is 4.98 Å². The number of hydrogen-bond donors (Lipinski definition) is 0. The molecule has 2 aromatic heterocycles. The van der Waals surface area contributed by atoms with Crippen molar-refractivity contribution in [3.8, 4) is 0 Å². The molecule has 10 heteroatoms. The minimum atomic E-state index is -4.12. The second-order valence-corrected chi connectivity index (χ2v) is 12.7. The molecule has 0 N–H and O–H groups in total. The quantitative estimate of drug-likeness (QED) is 0.298. The largest absolute Gasteiger partial charge is 0.384 e. The standard InChI is InChI=1S/C27H27FN2O5S2/c1-19(2)15-25(20-9-11-23(12-10-20)36(31,32)14-13-35-3)26-17-21-16-22(28)18-29-27(21)30(26)37(33,34)24-7-5-4-6-8-24/h4-12,15-19H,13-14H2,1-3H3. The number of nitrogens with zero attached hydrogens (tertiary/aromatic N) is 2. The molecule has 2 heterocycles. The first kappa shape index (κ1) is 26.7. The SMILES string of the molecule is COCCS(=O)(=O)c1ccc(C(=CC(C)C)c2cc3cc(F)cnc3n2S(=O)(=O)c2ccccc2)cc1. The molecule has 194 valence electrons. The van der Waals surface area contributed by atoms with Crippen molar-refractivity contribution in [3.05, 3.63) is 96.1 Å². The number of hydrogen-bond acceptors (Lipinski definition) is 6. The first-order valence-corrected chi connectivity index (χ1v) is 14.7. The van der Waals surface area contributed by atoms with Crippen LogP contribution in [0.4, 0.5) is 4.39 Å². The molecular formula is C27H27FN2O5S2. The molecule has 0 saturated heterocycles. The first-order valence-electron chi connectivity index (χ1n) is 11.6. The topological polar surface area (TPSA) is 95.3 Å². The highest BCUT2D eigenvalue weighted by molar-refractivity contribution is 7.91. The van der Waals surface area contributed by atoms with Crippen molar-refractivity contribution in [1.29, 1.82) is 0 Å². The highest BCUT2D eigenvalue weighted by Gasteiger charge is 2.27. The third-order valence-corrected chi connectivity index (χ3v) is 9.12. The Labute approximate surface area is 216 Å². The Hall–Kier alpha value is -3.34. The maximum absolute atomic E-state index is 14.1. The summed E-state index contributed by atoms with van der Waals surface area (Å²) in [6, 6.07) is 17.0. The monoisotopic (exact) mass is 542 g/mol. The predicted octanol–water partition coefficient (Wildman–Crippen LogP) is 4.92. The number of methoxy groups -OCH3 is 1. The van der Waals surface area contributed by atoms with Gasteiger partial charge >= 0.3 is 0 Å². The summed E-state index contributed by atoms with van der Waals surface area (Å²) in [5.74, 6) is -0.734. The molecule has 4 rings (SSSR count). The maximum Gasteiger partial charge on any atom is 0.269 e. The number of pyridine rings is 1. The molecule has 0 bridgehead atoms. The van der Waals surface area contributed by atoms with Crippen LogP contribution in [0, 0.1) is 11.7 Å². The van der Waals surface area contributed by atoms with Crippen LogP contribution in [0.25, 0.3) is 16.6 Å². The third-order valence-electron chi connectivity index (χ3n) is 5.70. The lowest BCUT2D eigenvalue weighted by Crippen LogP contribution is -2.16. The third kappa shape index (κ3) is 5.51. The molecule has 2 aromatic carbocycles. The number of benzene rings is 2. The molecular weight excluding hydrogens is 515 g/mol. The van der Waals surface area contributed by atoms with E-state index in [1.807, 2.05) is 19.9 Å². The molecule has 0 aliphatic rings. The van der Waals surface area contributed by atoms with Gasteiger partial charge in [0.25, 0.3) is 10.0 Å². The van der Waals surface area contributed by atoms with Crippen LogP contribution in [-0.2, 0) is 24.6 Å². The molecule has 0 radical (unpaired) electrons. The maximum atomic E-state index is 14.1. The zero-order valence-electron chi connectivity index (χ0n) is 20.6. The average molecular weight is 543 g/mol. The van der Waals surface area contributed by atoms with E-state index < -0.39 is 25.7 Å². The van der Waals surface area contributed by atoms with E-state index in [0.717, 1.165) is 10.2 Å². The molecule has 0 atom stereocenters. The predicted molar refractivity (Wildman–Crippen MR) is 141 cm³/mol. The highest BCUT2D eigenvalue weighted by Crippen LogP contribution is 2.34. The van der Waals surface area contributed by atoms with E-state index in [1.165, 1.54) is 37.4 Å². The Morgan fingerprint density at radius 2 is 1.68 bits per heavy atom. The van der Waals surface area contributed by atoms with Crippen LogP contribution in [0.3, 0.4) is 0 Å². The van der Waals surface area contributed by atoms with Gasteiger partial charge in [-0.05, 0) is 47.9 Å². The second kappa shape index (κ2) is 10.6. The Balaban J connectivity index is 1.95. The van der Waals surface area contributed by atoms with Crippen molar-refractivity contribution >= 4 is 36.5 Å². The second-order valence-electron chi connectivity index (χ2n) is 8.84. The summed E-state index contributed by atoms with van der Waals surface area (Å²) >= 11 is 0. The minimum Gasteiger partial charge on any atom is -0.384 e. The number of sulfone groups is 1. The zero-order valence-corrected chi connectivity index (χ0v) is 22.3. The molecule has 0 aliphatic heterocycles. The van der Waals surface area contributed by atoms with Crippen molar-refractivity contribution in [1.82, 2.24) is 8.96 Å². The van der Waals surface area contributed by atoms with Crippen LogP contribution < -0.4 is 0 Å². The van der Waals surface area contributed by atoms with Crippen LogP contribution in [-0.4, -0.2) is 45.3 Å². The molecule has 0 fully saturated rings. The fourth-order valence-corrected chi connectivity index (χ4v) is 6.66. The fraction of sp³-hybridized carbons (Fsp3) is 0.222. The first-order chi connectivity index (χ1) is 17.5. The van der Waals surface area contributed by atoms with Crippen LogP contribution in [0.15, 0.2) is 88.8 Å². The lowest BCUT2D eigenvalue weighted by molar-refractivity contribution is 0.217. The van der Waals surface area contributed by atoms with Gasteiger partial charge in [-0.1, -0.05) is 50.3 Å². The number of allylic oxidation sites excluding steroid dienone is 1. The summed E-state index contributed by atoms with van der Waals surface area (Å²) in [5.41, 5.74) is 1.54. The van der Waals surface area contributed by atoms with Gasteiger partial charge in [0.15, 0.2) is 15.5 Å². The normalized spacial score (nSPS) is 12.9.